The summed E-state index contributed by atoms with van der Waals surface area (Å²) >= 11 is 0. The maximum atomic E-state index is 12.2. The molecule has 1 saturated carbocycles. The van der Waals surface area contributed by atoms with Crippen molar-refractivity contribution in [1.29, 1.82) is 0 Å². The molecule has 0 atom stereocenters. The van der Waals surface area contributed by atoms with Gasteiger partial charge in [0.2, 0.25) is 0 Å². The molecular weight excluding hydrogens is 232 g/mol. The predicted molar refractivity (Wildman–Crippen MR) is 83.3 cm³/mol. The lowest BCUT2D eigenvalue weighted by Gasteiger charge is -2.36. The topological polar surface area (TPSA) is 17.1 Å². The highest BCUT2D eigenvalue weighted by atomic mass is 16.1. The second-order valence-corrected chi connectivity index (χ2v) is 7.55. The molecule has 0 unspecified atom stereocenters. The number of hydrogen-bond acceptors (Lipinski definition) is 1. The molecule has 112 valence electrons. The number of unbranched alkanes of at least 4 members (excludes halogenated alkanes) is 4. The third kappa shape index (κ3) is 6.10. The summed E-state index contributed by atoms with van der Waals surface area (Å²) in [4.78, 5) is 12.2. The van der Waals surface area contributed by atoms with Gasteiger partial charge < -0.3 is 0 Å². The monoisotopic (exact) mass is 266 g/mol. The van der Waals surface area contributed by atoms with Crippen LogP contribution in [0.4, 0.5) is 0 Å². The van der Waals surface area contributed by atoms with E-state index in [1.54, 1.807) is 0 Å². The van der Waals surface area contributed by atoms with Gasteiger partial charge >= 0.3 is 0 Å². The van der Waals surface area contributed by atoms with Gasteiger partial charge in [0.25, 0.3) is 0 Å². The highest BCUT2D eigenvalue weighted by Gasteiger charge is 2.31. The van der Waals surface area contributed by atoms with Gasteiger partial charge in [-0.1, -0.05) is 53.4 Å². The Morgan fingerprint density at radius 1 is 0.947 bits per heavy atom. The maximum absolute atomic E-state index is 12.2. The minimum absolute atomic E-state index is 0.393. The fourth-order valence-electron chi connectivity index (χ4n) is 3.39. The summed E-state index contributed by atoms with van der Waals surface area (Å²) in [7, 11) is 0. The Hall–Kier alpha value is -0.330. The molecule has 1 heteroatoms. The van der Waals surface area contributed by atoms with E-state index in [9.17, 15) is 4.79 Å². The van der Waals surface area contributed by atoms with E-state index in [0.29, 0.717) is 17.1 Å². The van der Waals surface area contributed by atoms with Crippen molar-refractivity contribution in [3.63, 3.8) is 0 Å². The standard InChI is InChI=1S/C18H34O/c1-5-6-7-8-9-10-17(19)15-11-13-16(14-12-15)18(2,3)4/h15-16H,5-14H2,1-4H3/t15-,16-. The molecule has 1 aliphatic rings. The molecule has 0 bridgehead atoms. The third-order valence-corrected chi connectivity index (χ3v) is 4.93. The molecule has 0 spiro atoms. The summed E-state index contributed by atoms with van der Waals surface area (Å²) in [5.41, 5.74) is 0.425. The Bertz CT molecular complexity index is 253. The van der Waals surface area contributed by atoms with Crippen LogP contribution in [0, 0.1) is 17.3 Å². The highest BCUT2D eigenvalue weighted by molar-refractivity contribution is 5.81. The van der Waals surface area contributed by atoms with Crippen LogP contribution < -0.4 is 0 Å². The second-order valence-electron chi connectivity index (χ2n) is 7.55. The Balaban J connectivity index is 2.18. The van der Waals surface area contributed by atoms with Crippen LogP contribution in [0.15, 0.2) is 0 Å². The summed E-state index contributed by atoms with van der Waals surface area (Å²) in [6, 6.07) is 0. The number of rotatable bonds is 7. The molecule has 0 aromatic heterocycles. The molecular formula is C18H34O. The zero-order valence-corrected chi connectivity index (χ0v) is 13.6. The largest absolute Gasteiger partial charge is 0.299 e. The minimum Gasteiger partial charge on any atom is -0.299 e. The SMILES string of the molecule is CCCCCCCC(=O)[C@H]1CC[C@H](C(C)(C)C)CC1. The van der Waals surface area contributed by atoms with Gasteiger partial charge in [-0.2, -0.15) is 0 Å². The molecule has 0 aliphatic heterocycles. The van der Waals surface area contributed by atoms with E-state index >= 15 is 0 Å². The molecule has 1 aliphatic carbocycles. The van der Waals surface area contributed by atoms with E-state index in [1.165, 1.54) is 38.5 Å². The fourth-order valence-corrected chi connectivity index (χ4v) is 3.39. The lowest BCUT2D eigenvalue weighted by molar-refractivity contribution is -0.124. The Kier molecular flexibility index (Phi) is 7.10. The maximum Gasteiger partial charge on any atom is 0.135 e. The van der Waals surface area contributed by atoms with Gasteiger partial charge in [0.1, 0.15) is 5.78 Å². The van der Waals surface area contributed by atoms with E-state index in [4.69, 9.17) is 0 Å². The van der Waals surface area contributed by atoms with Crippen LogP contribution in [0.2, 0.25) is 0 Å². The zero-order chi connectivity index (χ0) is 14.3. The number of carbonyl (C=O) groups excluding carboxylic acids is 1. The number of hydrogen-bond donors (Lipinski definition) is 0. The first-order chi connectivity index (χ1) is 8.95. The van der Waals surface area contributed by atoms with E-state index in [-0.39, 0.29) is 0 Å². The molecule has 0 N–H and O–H groups in total. The van der Waals surface area contributed by atoms with Crippen molar-refractivity contribution < 1.29 is 4.79 Å². The van der Waals surface area contributed by atoms with Gasteiger partial charge in [-0.3, -0.25) is 4.79 Å². The van der Waals surface area contributed by atoms with Crippen molar-refractivity contribution in [2.45, 2.75) is 91.9 Å². The van der Waals surface area contributed by atoms with E-state index in [1.807, 2.05) is 0 Å². The van der Waals surface area contributed by atoms with E-state index in [0.717, 1.165) is 31.6 Å². The fraction of sp³-hybridized carbons (Fsp3) is 0.944. The second kappa shape index (κ2) is 8.07. The summed E-state index contributed by atoms with van der Waals surface area (Å²) in [6.45, 7) is 9.26. The average Bonchev–Trinajstić information content (AvgIpc) is 2.37. The molecule has 1 rings (SSSR count). The lowest BCUT2D eigenvalue weighted by atomic mass is 9.69. The molecule has 1 nitrogen and oxygen atoms in total. The van der Waals surface area contributed by atoms with Crippen LogP contribution >= 0.6 is 0 Å². The van der Waals surface area contributed by atoms with Crippen LogP contribution in [0.1, 0.15) is 91.9 Å². The van der Waals surface area contributed by atoms with Crippen LogP contribution in [-0.2, 0) is 4.79 Å². The summed E-state index contributed by atoms with van der Waals surface area (Å²) in [5.74, 6) is 1.77. The van der Waals surface area contributed by atoms with E-state index in [2.05, 4.69) is 27.7 Å². The van der Waals surface area contributed by atoms with Crippen molar-refractivity contribution in [3.8, 4) is 0 Å². The predicted octanol–water partition coefficient (Wildman–Crippen LogP) is 5.77. The molecule has 0 aromatic rings. The van der Waals surface area contributed by atoms with Crippen LogP contribution in [0.5, 0.6) is 0 Å². The van der Waals surface area contributed by atoms with Crippen molar-refractivity contribution in [1.82, 2.24) is 0 Å². The summed E-state index contributed by atoms with van der Waals surface area (Å²) in [6.07, 6.45) is 11.9. The van der Waals surface area contributed by atoms with Crippen molar-refractivity contribution >= 4 is 5.78 Å². The van der Waals surface area contributed by atoms with Gasteiger partial charge in [0.15, 0.2) is 0 Å². The number of carbonyl (C=O) groups is 1. The zero-order valence-electron chi connectivity index (χ0n) is 13.6. The van der Waals surface area contributed by atoms with Crippen molar-refractivity contribution in [3.05, 3.63) is 0 Å². The quantitative estimate of drug-likeness (QED) is 0.535. The Morgan fingerprint density at radius 2 is 1.53 bits per heavy atom. The molecule has 0 heterocycles. The summed E-state index contributed by atoms with van der Waals surface area (Å²) in [5, 5.41) is 0. The minimum atomic E-state index is 0.393. The smallest absolute Gasteiger partial charge is 0.135 e. The van der Waals surface area contributed by atoms with Crippen molar-refractivity contribution in [2.24, 2.45) is 17.3 Å². The normalized spacial score (nSPS) is 24.4. The molecule has 1 fully saturated rings. The van der Waals surface area contributed by atoms with Crippen LogP contribution in [-0.4, -0.2) is 5.78 Å². The van der Waals surface area contributed by atoms with Crippen molar-refractivity contribution in [2.75, 3.05) is 0 Å². The molecule has 0 aromatic carbocycles. The lowest BCUT2D eigenvalue weighted by Crippen LogP contribution is -2.28. The molecule has 19 heavy (non-hydrogen) atoms. The number of Topliss-reactive ketones (excluding diaryl/α,β-unsaturated/α-hetero) is 1. The Morgan fingerprint density at radius 3 is 2.05 bits per heavy atom. The first kappa shape index (κ1) is 16.7. The first-order valence-corrected chi connectivity index (χ1v) is 8.48. The van der Waals surface area contributed by atoms with Gasteiger partial charge in [-0.25, -0.2) is 0 Å². The Labute approximate surface area is 120 Å². The van der Waals surface area contributed by atoms with E-state index < -0.39 is 0 Å². The van der Waals surface area contributed by atoms with Crippen LogP contribution in [0.3, 0.4) is 0 Å². The van der Waals surface area contributed by atoms with Gasteiger partial charge in [-0.05, 0) is 43.4 Å². The van der Waals surface area contributed by atoms with Gasteiger partial charge in [0, 0.05) is 12.3 Å². The van der Waals surface area contributed by atoms with Gasteiger partial charge in [-0.15, -0.1) is 0 Å². The molecule has 0 radical (unpaired) electrons. The average molecular weight is 266 g/mol. The third-order valence-electron chi connectivity index (χ3n) is 4.93. The highest BCUT2D eigenvalue weighted by Crippen LogP contribution is 2.40. The van der Waals surface area contributed by atoms with Gasteiger partial charge in [0.05, 0.1) is 0 Å². The van der Waals surface area contributed by atoms with Crippen LogP contribution in [0.25, 0.3) is 0 Å². The number of ketones is 1. The summed E-state index contributed by atoms with van der Waals surface area (Å²) < 4.78 is 0. The molecule has 0 saturated heterocycles. The first-order valence-electron chi connectivity index (χ1n) is 8.48. The molecule has 0 amide bonds.